The number of carbonyl (C=O) groups excluding carboxylic acids is 1. The molecule has 0 bridgehead atoms. The number of nitrogens with zero attached hydrogens (tertiary/aromatic N) is 5. The van der Waals surface area contributed by atoms with E-state index in [-0.39, 0.29) is 5.91 Å². The lowest BCUT2D eigenvalue weighted by atomic mass is 10.2. The van der Waals surface area contributed by atoms with Crippen LogP contribution in [0.3, 0.4) is 0 Å². The molecule has 1 amide bonds. The zero-order chi connectivity index (χ0) is 21.1. The van der Waals surface area contributed by atoms with Crippen LogP contribution in [0.5, 0.6) is 0 Å². The molecule has 2 heterocycles. The fourth-order valence-corrected chi connectivity index (χ4v) is 4.49. The Morgan fingerprint density at radius 2 is 1.87 bits per heavy atom. The second-order valence-electron chi connectivity index (χ2n) is 7.41. The Kier molecular flexibility index (Phi) is 6.29. The zero-order valence-electron chi connectivity index (χ0n) is 17.1. The minimum absolute atomic E-state index is 0.125. The van der Waals surface area contributed by atoms with E-state index in [4.69, 9.17) is 11.6 Å². The average Bonchev–Trinajstić information content (AvgIpc) is 3.23. The molecular weight excluding hydrogens is 418 g/mol. The first-order valence-electron chi connectivity index (χ1n) is 9.90. The summed E-state index contributed by atoms with van der Waals surface area (Å²) >= 11 is 7.65. The molecular formula is C22H24ClN5OS. The minimum Gasteiger partial charge on any atom is -0.368 e. The van der Waals surface area contributed by atoms with Crippen molar-refractivity contribution in [3.63, 3.8) is 0 Å². The zero-order valence-corrected chi connectivity index (χ0v) is 18.7. The van der Waals surface area contributed by atoms with Crippen molar-refractivity contribution >= 4 is 35.0 Å². The number of benzene rings is 2. The van der Waals surface area contributed by atoms with Crippen LogP contribution in [-0.2, 0) is 4.79 Å². The maximum atomic E-state index is 12.7. The maximum Gasteiger partial charge on any atom is 0.233 e. The molecule has 0 atom stereocenters. The third-order valence-corrected chi connectivity index (χ3v) is 6.61. The van der Waals surface area contributed by atoms with E-state index in [1.54, 1.807) is 6.33 Å². The first kappa shape index (κ1) is 20.8. The first-order chi connectivity index (χ1) is 14.5. The van der Waals surface area contributed by atoms with Crippen molar-refractivity contribution in [2.45, 2.75) is 19.0 Å². The third-order valence-electron chi connectivity index (χ3n) is 5.27. The lowest BCUT2D eigenvalue weighted by molar-refractivity contribution is -0.128. The molecule has 0 unspecified atom stereocenters. The molecule has 1 aliphatic heterocycles. The largest absolute Gasteiger partial charge is 0.368 e. The first-order valence-corrected chi connectivity index (χ1v) is 11.3. The van der Waals surface area contributed by atoms with E-state index in [1.165, 1.54) is 23.0 Å². The van der Waals surface area contributed by atoms with Crippen molar-refractivity contribution in [1.82, 2.24) is 19.7 Å². The molecule has 6 nitrogen and oxygen atoms in total. The Balaban J connectivity index is 1.34. The maximum absolute atomic E-state index is 12.7. The van der Waals surface area contributed by atoms with Crippen molar-refractivity contribution in [3.8, 4) is 5.69 Å². The van der Waals surface area contributed by atoms with E-state index in [0.717, 1.165) is 37.4 Å². The van der Waals surface area contributed by atoms with Crippen molar-refractivity contribution in [3.05, 3.63) is 64.9 Å². The number of carbonyl (C=O) groups is 1. The van der Waals surface area contributed by atoms with Gasteiger partial charge >= 0.3 is 0 Å². The monoisotopic (exact) mass is 441 g/mol. The van der Waals surface area contributed by atoms with E-state index in [2.05, 4.69) is 46.3 Å². The van der Waals surface area contributed by atoms with Gasteiger partial charge in [0.15, 0.2) is 5.16 Å². The number of hydrogen-bond acceptors (Lipinski definition) is 5. The van der Waals surface area contributed by atoms with Gasteiger partial charge in [-0.25, -0.2) is 0 Å². The van der Waals surface area contributed by atoms with Crippen LogP contribution in [0.2, 0.25) is 5.02 Å². The van der Waals surface area contributed by atoms with Crippen LogP contribution in [-0.4, -0.2) is 57.5 Å². The van der Waals surface area contributed by atoms with Gasteiger partial charge in [0, 0.05) is 36.9 Å². The summed E-state index contributed by atoms with van der Waals surface area (Å²) in [6.45, 7) is 7.21. The third kappa shape index (κ3) is 4.63. The Morgan fingerprint density at radius 1 is 1.07 bits per heavy atom. The molecule has 156 valence electrons. The topological polar surface area (TPSA) is 54.3 Å². The smallest absolute Gasteiger partial charge is 0.233 e. The van der Waals surface area contributed by atoms with Gasteiger partial charge in [0.2, 0.25) is 5.91 Å². The molecule has 4 rings (SSSR count). The molecule has 0 saturated carbocycles. The predicted octanol–water partition coefficient (Wildman–Crippen LogP) is 3.98. The number of thioether (sulfide) groups is 1. The van der Waals surface area contributed by atoms with Gasteiger partial charge in [-0.3, -0.25) is 9.36 Å². The number of anilines is 1. The van der Waals surface area contributed by atoms with Gasteiger partial charge in [0.05, 0.1) is 11.4 Å². The van der Waals surface area contributed by atoms with Gasteiger partial charge in [0.25, 0.3) is 0 Å². The number of hydrogen-bond donors (Lipinski definition) is 0. The molecule has 0 radical (unpaired) electrons. The lowest BCUT2D eigenvalue weighted by Crippen LogP contribution is -2.49. The molecule has 2 aromatic carbocycles. The number of aromatic nitrogens is 3. The van der Waals surface area contributed by atoms with Gasteiger partial charge in [0.1, 0.15) is 6.33 Å². The van der Waals surface area contributed by atoms with Crippen molar-refractivity contribution in [2.24, 2.45) is 0 Å². The molecule has 3 aromatic rings. The average molecular weight is 442 g/mol. The van der Waals surface area contributed by atoms with Gasteiger partial charge in [-0.15, -0.1) is 10.2 Å². The van der Waals surface area contributed by atoms with E-state index in [9.17, 15) is 4.79 Å². The minimum atomic E-state index is 0.125. The van der Waals surface area contributed by atoms with Crippen LogP contribution in [0.15, 0.2) is 53.9 Å². The van der Waals surface area contributed by atoms with Crippen LogP contribution in [0.1, 0.15) is 11.1 Å². The number of amides is 1. The molecule has 1 aromatic heterocycles. The summed E-state index contributed by atoms with van der Waals surface area (Å²) in [5, 5.41) is 9.56. The SMILES string of the molecule is Cc1cccc(N2CCN(C(=O)CSc3nncn3-c3ccc(C)c(Cl)c3)CC2)c1. The fraction of sp³-hybridized carbons (Fsp3) is 0.318. The van der Waals surface area contributed by atoms with Crippen molar-refractivity contribution < 1.29 is 4.79 Å². The molecule has 1 fully saturated rings. The summed E-state index contributed by atoms with van der Waals surface area (Å²) in [7, 11) is 0. The lowest BCUT2D eigenvalue weighted by Gasteiger charge is -2.36. The van der Waals surface area contributed by atoms with Crippen LogP contribution in [0.25, 0.3) is 5.69 Å². The second-order valence-corrected chi connectivity index (χ2v) is 8.76. The van der Waals surface area contributed by atoms with Crippen molar-refractivity contribution in [2.75, 3.05) is 36.8 Å². The quantitative estimate of drug-likeness (QED) is 0.560. The molecule has 1 aliphatic rings. The highest BCUT2D eigenvalue weighted by Crippen LogP contribution is 2.24. The Hall–Kier alpha value is -2.51. The number of aryl methyl sites for hydroxylation is 2. The standard InChI is InChI=1S/C22H24ClN5OS/c1-16-4-3-5-18(12-16)26-8-10-27(11-9-26)21(29)14-30-22-25-24-15-28(22)19-7-6-17(2)20(23)13-19/h3-7,12-13,15H,8-11,14H2,1-2H3. The number of halogens is 1. The van der Waals surface area contributed by atoms with Crippen LogP contribution in [0.4, 0.5) is 5.69 Å². The highest BCUT2D eigenvalue weighted by molar-refractivity contribution is 7.99. The fourth-order valence-electron chi connectivity index (χ4n) is 3.49. The van der Waals surface area contributed by atoms with E-state index in [1.807, 2.05) is 34.6 Å². The molecule has 8 heteroatoms. The van der Waals surface area contributed by atoms with Gasteiger partial charge < -0.3 is 9.80 Å². The van der Waals surface area contributed by atoms with Crippen molar-refractivity contribution in [1.29, 1.82) is 0 Å². The van der Waals surface area contributed by atoms with Gasteiger partial charge in [-0.2, -0.15) is 0 Å². The number of piperazine rings is 1. The summed E-state index contributed by atoms with van der Waals surface area (Å²) in [6, 6.07) is 14.3. The van der Waals surface area contributed by atoms with Gasteiger partial charge in [-0.05, 0) is 49.2 Å². The van der Waals surface area contributed by atoms with Crippen LogP contribution in [0, 0.1) is 13.8 Å². The Bertz CT molecular complexity index is 1050. The molecule has 0 spiro atoms. The summed E-state index contributed by atoms with van der Waals surface area (Å²) in [6.07, 6.45) is 1.65. The highest BCUT2D eigenvalue weighted by Gasteiger charge is 2.22. The van der Waals surface area contributed by atoms with E-state index in [0.29, 0.717) is 15.9 Å². The van der Waals surface area contributed by atoms with Gasteiger partial charge in [-0.1, -0.05) is 41.6 Å². The van der Waals surface area contributed by atoms with E-state index < -0.39 is 0 Å². The molecule has 0 N–H and O–H groups in total. The predicted molar refractivity (Wildman–Crippen MR) is 122 cm³/mol. The van der Waals surface area contributed by atoms with Crippen LogP contribution >= 0.6 is 23.4 Å². The van der Waals surface area contributed by atoms with E-state index >= 15 is 0 Å². The molecule has 0 aliphatic carbocycles. The second kappa shape index (κ2) is 9.10. The normalized spacial score (nSPS) is 14.2. The Morgan fingerprint density at radius 3 is 2.60 bits per heavy atom. The molecule has 30 heavy (non-hydrogen) atoms. The summed E-state index contributed by atoms with van der Waals surface area (Å²) < 4.78 is 1.86. The Labute approximate surface area is 185 Å². The summed E-state index contributed by atoms with van der Waals surface area (Å²) in [5.41, 5.74) is 4.38. The number of rotatable bonds is 5. The summed E-state index contributed by atoms with van der Waals surface area (Å²) in [5.74, 6) is 0.461. The summed E-state index contributed by atoms with van der Waals surface area (Å²) in [4.78, 5) is 17.0. The van der Waals surface area contributed by atoms with Crippen LogP contribution < -0.4 is 4.90 Å². The highest BCUT2D eigenvalue weighted by atomic mass is 35.5. The molecule has 1 saturated heterocycles.